The maximum absolute atomic E-state index is 11.4. The second kappa shape index (κ2) is 3.10. The third-order valence-electron chi connectivity index (χ3n) is 2.69. The lowest BCUT2D eigenvalue weighted by atomic mass is 10.1. The van der Waals surface area contributed by atoms with E-state index in [2.05, 4.69) is 0 Å². The highest BCUT2D eigenvalue weighted by Gasteiger charge is 2.54. The summed E-state index contributed by atoms with van der Waals surface area (Å²) in [4.78, 5) is 0. The van der Waals surface area contributed by atoms with Crippen molar-refractivity contribution >= 4 is 27.3 Å². The third kappa shape index (κ3) is 1.71. The van der Waals surface area contributed by atoms with E-state index in [9.17, 15) is 8.42 Å². The molecule has 0 saturated heterocycles. The van der Waals surface area contributed by atoms with Crippen molar-refractivity contribution in [3.8, 4) is 0 Å². The van der Waals surface area contributed by atoms with Crippen molar-refractivity contribution in [2.45, 2.75) is 17.6 Å². The smallest absolute Gasteiger partial charge is 0.219 e. The van der Waals surface area contributed by atoms with Crippen LogP contribution in [0.1, 0.15) is 18.4 Å². The van der Waals surface area contributed by atoms with Crippen molar-refractivity contribution in [2.24, 2.45) is 5.14 Å². The third-order valence-corrected chi connectivity index (χ3v) is 4.65. The summed E-state index contributed by atoms with van der Waals surface area (Å²) in [6.07, 6.45) is 1.07. The minimum absolute atomic E-state index is 0.430. The molecule has 82 valence electrons. The number of benzene rings is 1. The molecular formula is C9H11ClN2O2S. The first-order valence-corrected chi connectivity index (χ1v) is 6.36. The standard InChI is InChI=1S/C9H11ClN2O2S/c10-7-3-6(4-8(11)5-7)9(1-2-9)15(12,13)14/h3-5H,1-2,11H2,(H2,12,13,14). The predicted octanol–water partition coefficient (Wildman–Crippen LogP) is 1.20. The molecule has 0 unspecified atom stereocenters. The fourth-order valence-electron chi connectivity index (χ4n) is 1.73. The SMILES string of the molecule is Nc1cc(Cl)cc(C2(S(N)(=O)=O)CC2)c1. The van der Waals surface area contributed by atoms with Gasteiger partial charge in [-0.3, -0.25) is 0 Å². The Morgan fingerprint density at radius 1 is 1.27 bits per heavy atom. The minimum Gasteiger partial charge on any atom is -0.399 e. The first kappa shape index (κ1) is 10.7. The van der Waals surface area contributed by atoms with Crippen molar-refractivity contribution in [3.05, 3.63) is 28.8 Å². The summed E-state index contributed by atoms with van der Waals surface area (Å²) in [6, 6.07) is 4.79. The molecule has 0 radical (unpaired) electrons. The molecule has 0 aromatic heterocycles. The van der Waals surface area contributed by atoms with Gasteiger partial charge in [0.15, 0.2) is 0 Å². The lowest BCUT2D eigenvalue weighted by Gasteiger charge is -2.13. The molecule has 1 fully saturated rings. The first-order valence-electron chi connectivity index (χ1n) is 4.44. The zero-order valence-corrected chi connectivity index (χ0v) is 9.48. The zero-order valence-electron chi connectivity index (χ0n) is 7.90. The van der Waals surface area contributed by atoms with Crippen LogP contribution in [-0.2, 0) is 14.8 Å². The van der Waals surface area contributed by atoms with Gasteiger partial charge in [0.05, 0.1) is 0 Å². The fraction of sp³-hybridized carbons (Fsp3) is 0.333. The first-order chi connectivity index (χ1) is 6.85. The van der Waals surface area contributed by atoms with Gasteiger partial charge in [-0.05, 0) is 36.6 Å². The van der Waals surface area contributed by atoms with E-state index in [-0.39, 0.29) is 0 Å². The van der Waals surface area contributed by atoms with Crippen LogP contribution < -0.4 is 10.9 Å². The molecular weight excluding hydrogens is 236 g/mol. The van der Waals surface area contributed by atoms with Crippen LogP contribution in [0.4, 0.5) is 5.69 Å². The van der Waals surface area contributed by atoms with Crippen LogP contribution in [-0.4, -0.2) is 8.42 Å². The van der Waals surface area contributed by atoms with E-state index in [0.29, 0.717) is 29.1 Å². The summed E-state index contributed by atoms with van der Waals surface area (Å²) in [5.41, 5.74) is 6.65. The second-order valence-electron chi connectivity index (χ2n) is 3.81. The largest absolute Gasteiger partial charge is 0.399 e. The molecule has 4 nitrogen and oxygen atoms in total. The van der Waals surface area contributed by atoms with Crippen LogP contribution in [0.3, 0.4) is 0 Å². The van der Waals surface area contributed by atoms with Crippen molar-refractivity contribution < 1.29 is 8.42 Å². The van der Waals surface area contributed by atoms with E-state index in [1.165, 1.54) is 0 Å². The topological polar surface area (TPSA) is 86.2 Å². The molecule has 1 aromatic carbocycles. The molecule has 1 aliphatic rings. The Hall–Kier alpha value is -0.780. The van der Waals surface area contributed by atoms with Crippen LogP contribution in [0, 0.1) is 0 Å². The van der Waals surface area contributed by atoms with Gasteiger partial charge in [-0.25, -0.2) is 13.6 Å². The number of hydrogen-bond acceptors (Lipinski definition) is 3. The van der Waals surface area contributed by atoms with Crippen molar-refractivity contribution in [2.75, 3.05) is 5.73 Å². The van der Waals surface area contributed by atoms with Gasteiger partial charge in [0.2, 0.25) is 10.0 Å². The fourth-order valence-corrected chi connectivity index (χ4v) is 3.09. The predicted molar refractivity (Wildman–Crippen MR) is 59.9 cm³/mol. The Kier molecular flexibility index (Phi) is 2.22. The quantitative estimate of drug-likeness (QED) is 0.769. The summed E-state index contributed by atoms with van der Waals surface area (Å²) in [7, 11) is -3.59. The van der Waals surface area contributed by atoms with Crippen LogP contribution in [0.25, 0.3) is 0 Å². The molecule has 0 amide bonds. The number of anilines is 1. The number of halogens is 1. The molecule has 4 N–H and O–H groups in total. The molecule has 2 rings (SSSR count). The maximum atomic E-state index is 11.4. The summed E-state index contributed by atoms with van der Waals surface area (Å²) in [5, 5.41) is 5.63. The number of rotatable bonds is 2. The molecule has 1 aliphatic carbocycles. The van der Waals surface area contributed by atoms with E-state index in [0.717, 1.165) is 0 Å². The van der Waals surface area contributed by atoms with Crippen LogP contribution in [0.15, 0.2) is 18.2 Å². The molecule has 1 saturated carbocycles. The lowest BCUT2D eigenvalue weighted by molar-refractivity contribution is 0.582. The molecule has 1 aromatic rings. The molecule has 0 heterocycles. The monoisotopic (exact) mass is 246 g/mol. The molecule has 0 spiro atoms. The highest BCUT2D eigenvalue weighted by atomic mass is 35.5. The van der Waals surface area contributed by atoms with E-state index in [4.69, 9.17) is 22.5 Å². The number of primary sulfonamides is 1. The number of hydrogen-bond donors (Lipinski definition) is 2. The Morgan fingerprint density at radius 2 is 1.87 bits per heavy atom. The van der Waals surface area contributed by atoms with Crippen molar-refractivity contribution in [1.29, 1.82) is 0 Å². The number of nitrogen functional groups attached to an aromatic ring is 1. The normalized spacial score (nSPS) is 18.8. The van der Waals surface area contributed by atoms with Gasteiger partial charge in [-0.2, -0.15) is 0 Å². The van der Waals surface area contributed by atoms with Gasteiger partial charge in [0.1, 0.15) is 4.75 Å². The Labute approximate surface area is 93.3 Å². The average molecular weight is 247 g/mol. The van der Waals surface area contributed by atoms with E-state index < -0.39 is 14.8 Å². The highest BCUT2D eigenvalue weighted by Crippen LogP contribution is 2.52. The lowest BCUT2D eigenvalue weighted by Crippen LogP contribution is -2.28. The van der Waals surface area contributed by atoms with Crippen LogP contribution in [0.5, 0.6) is 0 Å². The molecule has 0 atom stereocenters. The Balaban J connectivity index is 2.56. The van der Waals surface area contributed by atoms with Gasteiger partial charge in [-0.1, -0.05) is 11.6 Å². The number of sulfonamides is 1. The second-order valence-corrected chi connectivity index (χ2v) is 6.12. The summed E-state index contributed by atoms with van der Waals surface area (Å²) in [5.74, 6) is 0. The minimum atomic E-state index is -3.59. The van der Waals surface area contributed by atoms with Crippen LogP contribution in [0.2, 0.25) is 5.02 Å². The Morgan fingerprint density at radius 3 is 2.27 bits per heavy atom. The number of nitrogens with two attached hydrogens (primary N) is 2. The molecule has 15 heavy (non-hydrogen) atoms. The van der Waals surface area contributed by atoms with Gasteiger partial charge in [0.25, 0.3) is 0 Å². The maximum Gasteiger partial charge on any atom is 0.219 e. The van der Waals surface area contributed by atoms with Gasteiger partial charge < -0.3 is 5.73 Å². The van der Waals surface area contributed by atoms with Gasteiger partial charge >= 0.3 is 0 Å². The Bertz CT molecular complexity index is 489. The summed E-state index contributed by atoms with van der Waals surface area (Å²) in [6.45, 7) is 0. The molecule has 6 heteroatoms. The van der Waals surface area contributed by atoms with E-state index in [1.807, 2.05) is 0 Å². The molecule has 0 bridgehead atoms. The van der Waals surface area contributed by atoms with Gasteiger partial charge in [-0.15, -0.1) is 0 Å². The van der Waals surface area contributed by atoms with Crippen molar-refractivity contribution in [1.82, 2.24) is 0 Å². The van der Waals surface area contributed by atoms with E-state index in [1.54, 1.807) is 18.2 Å². The summed E-state index contributed by atoms with van der Waals surface area (Å²) < 4.78 is 21.9. The molecule has 0 aliphatic heterocycles. The van der Waals surface area contributed by atoms with E-state index >= 15 is 0 Å². The summed E-state index contributed by atoms with van der Waals surface area (Å²) >= 11 is 5.82. The van der Waals surface area contributed by atoms with Crippen molar-refractivity contribution in [3.63, 3.8) is 0 Å². The van der Waals surface area contributed by atoms with Gasteiger partial charge in [0, 0.05) is 10.7 Å². The highest BCUT2D eigenvalue weighted by molar-refractivity contribution is 7.90. The van der Waals surface area contributed by atoms with Crippen LogP contribution >= 0.6 is 11.6 Å². The zero-order chi connectivity index (χ0) is 11.3. The average Bonchev–Trinajstić information content (AvgIpc) is 2.79.